The number of rotatable bonds is 6. The molecule has 1 aliphatic rings. The van der Waals surface area contributed by atoms with E-state index in [9.17, 15) is 9.59 Å². The first kappa shape index (κ1) is 19.4. The lowest BCUT2D eigenvalue weighted by Crippen LogP contribution is -2.40. The lowest BCUT2D eigenvalue weighted by atomic mass is 10.1. The summed E-state index contributed by atoms with van der Waals surface area (Å²) in [7, 11) is 0. The van der Waals surface area contributed by atoms with E-state index < -0.39 is 0 Å². The lowest BCUT2D eigenvalue weighted by molar-refractivity contribution is 0.0890. The Morgan fingerprint density at radius 3 is 1.48 bits per heavy atom. The van der Waals surface area contributed by atoms with Gasteiger partial charge in [-0.1, -0.05) is 60.7 Å². The Morgan fingerprint density at radius 1 is 0.667 bits per heavy atom. The third-order valence-electron chi connectivity index (χ3n) is 4.87. The largest absolute Gasteiger partial charge is 0.314 e. The van der Waals surface area contributed by atoms with Crippen molar-refractivity contribution in [1.29, 1.82) is 0 Å². The smallest absolute Gasteiger partial charge is 0.176 e. The molecular weight excluding hydrogens is 338 g/mol. The zero-order chi connectivity index (χ0) is 18.9. The average Bonchev–Trinajstić information content (AvgIpc) is 2.82. The molecule has 5 heteroatoms. The molecule has 2 aromatic rings. The van der Waals surface area contributed by atoms with E-state index in [1.165, 1.54) is 0 Å². The van der Waals surface area contributed by atoms with Crippen molar-refractivity contribution >= 4 is 11.6 Å². The van der Waals surface area contributed by atoms with Crippen molar-refractivity contribution in [2.75, 3.05) is 52.4 Å². The van der Waals surface area contributed by atoms with Gasteiger partial charge in [0.05, 0.1) is 13.1 Å². The molecule has 2 aromatic carbocycles. The molecule has 0 unspecified atom stereocenters. The quantitative estimate of drug-likeness (QED) is 0.793. The van der Waals surface area contributed by atoms with Crippen molar-refractivity contribution in [2.45, 2.75) is 0 Å². The molecule has 1 saturated heterocycles. The molecule has 0 saturated carbocycles. The van der Waals surface area contributed by atoms with Crippen LogP contribution in [0.5, 0.6) is 0 Å². The molecule has 0 bridgehead atoms. The summed E-state index contributed by atoms with van der Waals surface area (Å²) < 4.78 is 0. The van der Waals surface area contributed by atoms with Crippen molar-refractivity contribution in [3.8, 4) is 0 Å². The molecule has 0 aliphatic carbocycles. The highest BCUT2D eigenvalue weighted by Gasteiger charge is 2.17. The highest BCUT2D eigenvalue weighted by atomic mass is 16.1. The first-order chi connectivity index (χ1) is 13.2. The number of carbonyl (C=O) groups excluding carboxylic acids is 2. The SMILES string of the molecule is O=C(CN1CCNCCN(CC(=O)c2ccccc2)CC1)c1ccccc1. The molecule has 1 aliphatic heterocycles. The van der Waals surface area contributed by atoms with Gasteiger partial charge >= 0.3 is 0 Å². The topological polar surface area (TPSA) is 52.7 Å². The number of ketones is 2. The highest BCUT2D eigenvalue weighted by Crippen LogP contribution is 2.05. The van der Waals surface area contributed by atoms with Crippen LogP contribution in [0, 0.1) is 0 Å². The van der Waals surface area contributed by atoms with Gasteiger partial charge < -0.3 is 5.32 Å². The van der Waals surface area contributed by atoms with Crippen LogP contribution in [0.4, 0.5) is 0 Å². The first-order valence-electron chi connectivity index (χ1n) is 9.54. The number of hydrogen-bond donors (Lipinski definition) is 1. The van der Waals surface area contributed by atoms with Gasteiger partial charge in [0.1, 0.15) is 0 Å². The number of benzene rings is 2. The predicted octanol–water partition coefficient (Wildman–Crippen LogP) is 1.96. The van der Waals surface area contributed by atoms with Crippen LogP contribution < -0.4 is 5.32 Å². The van der Waals surface area contributed by atoms with E-state index in [1.54, 1.807) is 0 Å². The second kappa shape index (κ2) is 10.1. The Hall–Kier alpha value is -2.34. The number of nitrogens with one attached hydrogen (secondary N) is 1. The van der Waals surface area contributed by atoms with Crippen molar-refractivity contribution in [2.24, 2.45) is 0 Å². The Kier molecular flexibility index (Phi) is 7.27. The summed E-state index contributed by atoms with van der Waals surface area (Å²) in [4.78, 5) is 29.4. The third-order valence-corrected chi connectivity index (χ3v) is 4.87. The number of carbonyl (C=O) groups is 2. The Balaban J connectivity index is 1.56. The average molecular weight is 365 g/mol. The van der Waals surface area contributed by atoms with E-state index in [0.717, 1.165) is 50.4 Å². The molecule has 27 heavy (non-hydrogen) atoms. The molecule has 0 spiro atoms. The summed E-state index contributed by atoms with van der Waals surface area (Å²) in [6.45, 7) is 5.74. The predicted molar refractivity (Wildman–Crippen MR) is 107 cm³/mol. The van der Waals surface area contributed by atoms with E-state index in [0.29, 0.717) is 13.1 Å². The van der Waals surface area contributed by atoms with Crippen molar-refractivity contribution < 1.29 is 9.59 Å². The highest BCUT2D eigenvalue weighted by molar-refractivity contribution is 5.98. The minimum absolute atomic E-state index is 0.141. The number of nitrogens with zero attached hydrogens (tertiary/aromatic N) is 2. The van der Waals surface area contributed by atoms with Crippen LogP contribution in [-0.2, 0) is 0 Å². The maximum absolute atomic E-state index is 12.5. The van der Waals surface area contributed by atoms with Gasteiger partial charge in [-0.2, -0.15) is 0 Å². The Labute approximate surface area is 161 Å². The van der Waals surface area contributed by atoms with Gasteiger partial charge in [-0.05, 0) is 0 Å². The number of hydrogen-bond acceptors (Lipinski definition) is 5. The molecule has 0 aromatic heterocycles. The third kappa shape index (κ3) is 6.10. The zero-order valence-corrected chi connectivity index (χ0v) is 15.6. The molecular formula is C22H27N3O2. The van der Waals surface area contributed by atoms with Gasteiger partial charge in [0.15, 0.2) is 11.6 Å². The van der Waals surface area contributed by atoms with Crippen molar-refractivity contribution in [3.05, 3.63) is 71.8 Å². The fourth-order valence-corrected chi connectivity index (χ4v) is 3.26. The molecule has 1 fully saturated rings. The number of Topliss-reactive ketones (excluding diaryl/α,β-unsaturated/α-hetero) is 2. The molecule has 1 N–H and O–H groups in total. The van der Waals surface area contributed by atoms with Crippen molar-refractivity contribution in [1.82, 2.24) is 15.1 Å². The standard InChI is InChI=1S/C22H27N3O2/c26-21(19-7-3-1-4-8-19)17-24-13-11-23-12-14-25(16-15-24)18-22(27)20-9-5-2-6-10-20/h1-10,23H,11-18H2. The van der Waals surface area contributed by atoms with E-state index in [1.807, 2.05) is 60.7 Å². The summed E-state index contributed by atoms with van der Waals surface area (Å²) in [6.07, 6.45) is 0. The van der Waals surface area contributed by atoms with Crippen molar-refractivity contribution in [3.63, 3.8) is 0 Å². The van der Waals surface area contributed by atoms with Crippen LogP contribution in [0.3, 0.4) is 0 Å². The molecule has 3 rings (SSSR count). The van der Waals surface area contributed by atoms with Gasteiger partial charge in [-0.3, -0.25) is 19.4 Å². The molecule has 1 heterocycles. The van der Waals surface area contributed by atoms with Gasteiger partial charge in [-0.25, -0.2) is 0 Å². The van der Waals surface area contributed by atoms with E-state index in [4.69, 9.17) is 0 Å². The monoisotopic (exact) mass is 365 g/mol. The van der Waals surface area contributed by atoms with Crippen LogP contribution in [-0.4, -0.2) is 73.7 Å². The minimum Gasteiger partial charge on any atom is -0.314 e. The molecule has 0 atom stereocenters. The minimum atomic E-state index is 0.141. The van der Waals surface area contributed by atoms with E-state index in [-0.39, 0.29) is 11.6 Å². The van der Waals surface area contributed by atoms with Crippen LogP contribution >= 0.6 is 0 Å². The normalized spacial score (nSPS) is 16.9. The molecule has 142 valence electrons. The van der Waals surface area contributed by atoms with Gasteiger partial charge in [-0.15, -0.1) is 0 Å². The summed E-state index contributed by atoms with van der Waals surface area (Å²) in [5, 5.41) is 3.41. The Morgan fingerprint density at radius 2 is 1.07 bits per heavy atom. The van der Waals surface area contributed by atoms with Gasteiger partial charge in [0, 0.05) is 50.4 Å². The van der Waals surface area contributed by atoms with Crippen LogP contribution in [0.15, 0.2) is 60.7 Å². The lowest BCUT2D eigenvalue weighted by Gasteiger charge is -2.25. The van der Waals surface area contributed by atoms with E-state index >= 15 is 0 Å². The van der Waals surface area contributed by atoms with Crippen LogP contribution in [0.25, 0.3) is 0 Å². The maximum atomic E-state index is 12.5. The van der Waals surface area contributed by atoms with Gasteiger partial charge in [0.2, 0.25) is 0 Å². The second-order valence-electron chi connectivity index (χ2n) is 6.88. The molecule has 5 nitrogen and oxygen atoms in total. The summed E-state index contributed by atoms with van der Waals surface area (Å²) >= 11 is 0. The van der Waals surface area contributed by atoms with Crippen LogP contribution in [0.2, 0.25) is 0 Å². The Bertz CT molecular complexity index is 670. The molecule has 0 radical (unpaired) electrons. The maximum Gasteiger partial charge on any atom is 0.176 e. The summed E-state index contributed by atoms with van der Waals surface area (Å²) in [5.41, 5.74) is 1.50. The first-order valence-corrected chi connectivity index (χ1v) is 9.54. The fraction of sp³-hybridized carbons (Fsp3) is 0.364. The van der Waals surface area contributed by atoms with Crippen LogP contribution in [0.1, 0.15) is 20.7 Å². The summed E-state index contributed by atoms with van der Waals surface area (Å²) in [5.74, 6) is 0.281. The van der Waals surface area contributed by atoms with Gasteiger partial charge in [0.25, 0.3) is 0 Å². The van der Waals surface area contributed by atoms with E-state index in [2.05, 4.69) is 15.1 Å². The second-order valence-corrected chi connectivity index (χ2v) is 6.88. The molecule has 0 amide bonds. The zero-order valence-electron chi connectivity index (χ0n) is 15.6. The fourth-order valence-electron chi connectivity index (χ4n) is 3.26. The summed E-state index contributed by atoms with van der Waals surface area (Å²) in [6, 6.07) is 18.9.